The van der Waals surface area contributed by atoms with E-state index in [1.807, 2.05) is 32.0 Å². The van der Waals surface area contributed by atoms with Gasteiger partial charge in [0.15, 0.2) is 6.04 Å². The number of hydrogen-bond donors (Lipinski definition) is 1. The molecule has 3 N–H and O–H groups in total. The highest BCUT2D eigenvalue weighted by Crippen LogP contribution is 2.22. The van der Waals surface area contributed by atoms with Crippen molar-refractivity contribution in [3.8, 4) is 0 Å². The minimum atomic E-state index is -3.66. The maximum Gasteiger partial charge on any atom is 0.336 e. The van der Waals surface area contributed by atoms with Crippen LogP contribution in [-0.4, -0.2) is 18.6 Å². The summed E-state index contributed by atoms with van der Waals surface area (Å²) in [5.41, 5.74) is 6.65. The average Bonchev–Trinajstić information content (AvgIpc) is 2.92. The van der Waals surface area contributed by atoms with Crippen LogP contribution in [0.2, 0.25) is 0 Å². The lowest BCUT2D eigenvalue weighted by Crippen LogP contribution is -2.54. The van der Waals surface area contributed by atoms with Gasteiger partial charge in [-0.15, -0.1) is 5.10 Å². The van der Waals surface area contributed by atoms with Crippen molar-refractivity contribution in [2.75, 3.05) is 0 Å². The Labute approximate surface area is 137 Å². The summed E-state index contributed by atoms with van der Waals surface area (Å²) in [6.45, 7) is 7.94. The SMILES string of the molecule is Cc1ccc(C)c(CS(=O)(=O)c2nnc([C@@H]([NH3+])CC(C)C)o2)c1. The minimum Gasteiger partial charge on any atom is -0.406 e. The Morgan fingerprint density at radius 3 is 2.57 bits per heavy atom. The van der Waals surface area contributed by atoms with E-state index in [0.29, 0.717) is 5.92 Å². The van der Waals surface area contributed by atoms with Crippen LogP contribution < -0.4 is 5.73 Å². The average molecular weight is 338 g/mol. The van der Waals surface area contributed by atoms with Gasteiger partial charge in [-0.1, -0.05) is 42.7 Å². The lowest BCUT2D eigenvalue weighted by Gasteiger charge is -2.07. The van der Waals surface area contributed by atoms with Crippen LogP contribution in [0.1, 0.15) is 48.9 Å². The molecular weight excluding hydrogens is 314 g/mol. The van der Waals surface area contributed by atoms with Crippen molar-refractivity contribution in [3.05, 3.63) is 40.8 Å². The van der Waals surface area contributed by atoms with Crippen LogP contribution in [0.3, 0.4) is 0 Å². The number of quaternary nitrogens is 1. The third kappa shape index (κ3) is 4.39. The van der Waals surface area contributed by atoms with E-state index in [0.717, 1.165) is 23.1 Å². The highest BCUT2D eigenvalue weighted by molar-refractivity contribution is 7.90. The molecule has 1 aromatic carbocycles. The van der Waals surface area contributed by atoms with E-state index in [2.05, 4.69) is 29.8 Å². The van der Waals surface area contributed by atoms with Gasteiger partial charge in [0.2, 0.25) is 9.84 Å². The summed E-state index contributed by atoms with van der Waals surface area (Å²) in [7, 11) is -3.66. The van der Waals surface area contributed by atoms with Crippen LogP contribution in [0.4, 0.5) is 0 Å². The number of aryl methyl sites for hydroxylation is 2. The summed E-state index contributed by atoms with van der Waals surface area (Å²) in [5.74, 6) is 0.548. The molecule has 23 heavy (non-hydrogen) atoms. The summed E-state index contributed by atoms with van der Waals surface area (Å²) < 4.78 is 30.4. The monoisotopic (exact) mass is 338 g/mol. The summed E-state index contributed by atoms with van der Waals surface area (Å²) in [6.07, 6.45) is 0.763. The molecule has 1 atom stereocenters. The Morgan fingerprint density at radius 1 is 1.22 bits per heavy atom. The molecule has 0 saturated heterocycles. The van der Waals surface area contributed by atoms with Gasteiger partial charge in [0, 0.05) is 6.42 Å². The van der Waals surface area contributed by atoms with Crippen molar-refractivity contribution in [2.24, 2.45) is 5.92 Å². The van der Waals surface area contributed by atoms with Crippen molar-refractivity contribution in [3.63, 3.8) is 0 Å². The zero-order valence-corrected chi connectivity index (χ0v) is 14.9. The quantitative estimate of drug-likeness (QED) is 0.868. The molecule has 7 heteroatoms. The molecular formula is C16H24N3O3S+. The predicted octanol–water partition coefficient (Wildman–Crippen LogP) is 1.99. The van der Waals surface area contributed by atoms with E-state index in [4.69, 9.17) is 4.42 Å². The normalized spacial score (nSPS) is 13.5. The summed E-state index contributed by atoms with van der Waals surface area (Å²) in [4.78, 5) is 0. The minimum absolute atomic E-state index is 0.145. The number of rotatable bonds is 6. The zero-order valence-electron chi connectivity index (χ0n) is 14.0. The fourth-order valence-electron chi connectivity index (χ4n) is 2.40. The lowest BCUT2D eigenvalue weighted by molar-refractivity contribution is -0.435. The molecule has 0 bridgehead atoms. The Kier molecular flexibility index (Phi) is 5.21. The molecule has 2 rings (SSSR count). The van der Waals surface area contributed by atoms with Crippen molar-refractivity contribution in [2.45, 2.75) is 51.1 Å². The highest BCUT2D eigenvalue weighted by Gasteiger charge is 2.27. The van der Waals surface area contributed by atoms with Crippen LogP contribution in [-0.2, 0) is 15.6 Å². The predicted molar refractivity (Wildman–Crippen MR) is 86.2 cm³/mol. The molecule has 126 valence electrons. The second kappa shape index (κ2) is 6.80. The zero-order chi connectivity index (χ0) is 17.2. The van der Waals surface area contributed by atoms with Gasteiger partial charge in [-0.3, -0.25) is 0 Å². The van der Waals surface area contributed by atoms with E-state index in [-0.39, 0.29) is 22.9 Å². The topological polar surface area (TPSA) is 101 Å². The van der Waals surface area contributed by atoms with Crippen molar-refractivity contribution < 1.29 is 18.6 Å². The van der Waals surface area contributed by atoms with Crippen LogP contribution in [0.15, 0.2) is 27.8 Å². The molecule has 0 amide bonds. The summed E-state index contributed by atoms with van der Waals surface area (Å²) >= 11 is 0. The number of hydrogen-bond acceptors (Lipinski definition) is 5. The van der Waals surface area contributed by atoms with Crippen molar-refractivity contribution >= 4 is 9.84 Å². The second-order valence-corrected chi connectivity index (χ2v) is 8.29. The molecule has 0 fully saturated rings. The Hall–Kier alpha value is -1.73. The van der Waals surface area contributed by atoms with Crippen molar-refractivity contribution in [1.29, 1.82) is 0 Å². The largest absolute Gasteiger partial charge is 0.406 e. The molecule has 0 radical (unpaired) electrons. The first-order valence-corrected chi connectivity index (χ1v) is 9.29. The molecule has 6 nitrogen and oxygen atoms in total. The molecule has 0 aliphatic heterocycles. The van der Waals surface area contributed by atoms with E-state index in [1.54, 1.807) is 0 Å². The van der Waals surface area contributed by atoms with Gasteiger partial charge in [0.05, 0.1) is 5.75 Å². The summed E-state index contributed by atoms with van der Waals surface area (Å²) in [6, 6.07) is 5.53. The first-order chi connectivity index (χ1) is 10.7. The van der Waals surface area contributed by atoms with Crippen LogP contribution in [0.5, 0.6) is 0 Å². The molecule has 0 aliphatic rings. The van der Waals surface area contributed by atoms with Gasteiger partial charge in [-0.05, 0) is 30.9 Å². The highest BCUT2D eigenvalue weighted by atomic mass is 32.2. The number of sulfone groups is 1. The molecule has 0 spiro atoms. The number of benzene rings is 1. The molecule has 1 aromatic heterocycles. The smallest absolute Gasteiger partial charge is 0.336 e. The van der Waals surface area contributed by atoms with Crippen molar-refractivity contribution in [1.82, 2.24) is 10.2 Å². The van der Waals surface area contributed by atoms with E-state index >= 15 is 0 Å². The van der Waals surface area contributed by atoms with Crippen LogP contribution >= 0.6 is 0 Å². The van der Waals surface area contributed by atoms with Gasteiger partial charge < -0.3 is 10.2 Å². The van der Waals surface area contributed by atoms with Crippen LogP contribution in [0, 0.1) is 19.8 Å². The van der Waals surface area contributed by atoms with E-state index in [1.165, 1.54) is 0 Å². The lowest BCUT2D eigenvalue weighted by atomic mass is 10.1. The number of nitrogens with zero attached hydrogens (tertiary/aromatic N) is 2. The molecule has 2 aromatic rings. The Balaban J connectivity index is 2.23. The fourth-order valence-corrected chi connectivity index (χ4v) is 3.62. The third-order valence-electron chi connectivity index (χ3n) is 3.64. The summed E-state index contributed by atoms with van der Waals surface area (Å²) in [5, 5.41) is 7.25. The number of aromatic nitrogens is 2. The van der Waals surface area contributed by atoms with E-state index < -0.39 is 9.84 Å². The van der Waals surface area contributed by atoms with Crippen LogP contribution in [0.25, 0.3) is 0 Å². The Morgan fingerprint density at radius 2 is 1.91 bits per heavy atom. The van der Waals surface area contributed by atoms with Gasteiger partial charge >= 0.3 is 5.22 Å². The first-order valence-electron chi connectivity index (χ1n) is 7.64. The molecule has 0 unspecified atom stereocenters. The third-order valence-corrected chi connectivity index (χ3v) is 5.03. The van der Waals surface area contributed by atoms with Gasteiger partial charge in [0.1, 0.15) is 0 Å². The maximum atomic E-state index is 12.5. The molecule has 0 aliphatic carbocycles. The van der Waals surface area contributed by atoms with E-state index in [9.17, 15) is 8.42 Å². The fraction of sp³-hybridized carbons (Fsp3) is 0.500. The first kappa shape index (κ1) is 17.6. The second-order valence-electron chi connectivity index (χ2n) is 6.42. The standard InChI is InChI=1S/C16H23N3O3S/c1-10(2)7-14(17)15-18-19-16(22-15)23(20,21)9-13-8-11(3)5-6-12(13)4/h5-6,8,10,14H,7,9,17H2,1-4H3/p+1/t14-/m0/s1. The molecule has 0 saturated carbocycles. The molecule has 1 heterocycles. The maximum absolute atomic E-state index is 12.5. The van der Waals surface area contributed by atoms with Gasteiger partial charge in [-0.2, -0.15) is 0 Å². The Bertz CT molecular complexity index is 782. The van der Waals surface area contributed by atoms with Gasteiger partial charge in [0.25, 0.3) is 5.89 Å². The van der Waals surface area contributed by atoms with Gasteiger partial charge in [-0.25, -0.2) is 8.42 Å².